The third-order valence-corrected chi connectivity index (χ3v) is 3.84. The Balaban J connectivity index is 2.01. The smallest absolute Gasteiger partial charge is 0.253 e. The number of hydrogen-bond donors (Lipinski definition) is 2. The topological polar surface area (TPSA) is 50.4 Å². The fraction of sp³-hybridized carbons (Fsp3) is 0.562. The second kappa shape index (κ2) is 6.75. The molecule has 2 rings (SSSR count). The molecule has 0 aromatic heterocycles. The molecule has 1 heterocycles. The first-order chi connectivity index (χ1) is 9.61. The Bertz CT molecular complexity index is 474. The van der Waals surface area contributed by atoms with Crippen molar-refractivity contribution in [2.75, 3.05) is 25.0 Å². The van der Waals surface area contributed by atoms with Gasteiger partial charge in [-0.2, -0.15) is 0 Å². The second-order valence-electron chi connectivity index (χ2n) is 5.41. The lowest BCUT2D eigenvalue weighted by molar-refractivity contribution is 0.0908. The number of nitrogens with one attached hydrogen (secondary N) is 2. The summed E-state index contributed by atoms with van der Waals surface area (Å²) in [6, 6.07) is 5.87. The molecule has 1 aromatic carbocycles. The minimum Gasteiger partial charge on any atom is -0.385 e. The molecular formula is C16H24N2O2. The average molecular weight is 276 g/mol. The van der Waals surface area contributed by atoms with Gasteiger partial charge in [-0.3, -0.25) is 4.79 Å². The van der Waals surface area contributed by atoms with Crippen LogP contribution in [0.5, 0.6) is 0 Å². The van der Waals surface area contributed by atoms with Crippen molar-refractivity contribution >= 4 is 11.6 Å². The van der Waals surface area contributed by atoms with Gasteiger partial charge in [0.25, 0.3) is 5.91 Å². The van der Waals surface area contributed by atoms with Crippen molar-refractivity contribution in [3.05, 3.63) is 29.3 Å². The van der Waals surface area contributed by atoms with E-state index in [0.717, 1.165) is 30.8 Å². The van der Waals surface area contributed by atoms with Gasteiger partial charge < -0.3 is 15.4 Å². The summed E-state index contributed by atoms with van der Waals surface area (Å²) in [6.07, 6.45) is 1.26. The van der Waals surface area contributed by atoms with Crippen molar-refractivity contribution in [1.29, 1.82) is 0 Å². The van der Waals surface area contributed by atoms with E-state index in [9.17, 15) is 4.79 Å². The third-order valence-electron chi connectivity index (χ3n) is 3.84. The molecule has 1 saturated heterocycles. The highest BCUT2D eigenvalue weighted by atomic mass is 16.5. The minimum absolute atomic E-state index is 0.0138. The molecule has 1 aliphatic heterocycles. The molecule has 0 spiro atoms. The Labute approximate surface area is 120 Å². The molecule has 20 heavy (non-hydrogen) atoms. The standard InChI is InChI=1S/C16H24N2O2/c1-4-17-15-9-11(2)5-6-14(15)16(19)18-10-13-7-8-20-12(13)3/h5-6,9,12-13,17H,4,7-8,10H2,1-3H3,(H,18,19). The summed E-state index contributed by atoms with van der Waals surface area (Å²) in [6.45, 7) is 8.41. The van der Waals surface area contributed by atoms with Gasteiger partial charge in [-0.15, -0.1) is 0 Å². The third kappa shape index (κ3) is 3.51. The summed E-state index contributed by atoms with van der Waals surface area (Å²) in [5, 5.41) is 6.28. The van der Waals surface area contributed by atoms with Gasteiger partial charge in [-0.1, -0.05) is 6.07 Å². The van der Waals surface area contributed by atoms with E-state index in [1.165, 1.54) is 0 Å². The Hall–Kier alpha value is -1.55. The van der Waals surface area contributed by atoms with Crippen molar-refractivity contribution in [3.8, 4) is 0 Å². The van der Waals surface area contributed by atoms with E-state index >= 15 is 0 Å². The average Bonchev–Trinajstić information content (AvgIpc) is 2.82. The zero-order valence-electron chi connectivity index (χ0n) is 12.5. The lowest BCUT2D eigenvalue weighted by atomic mass is 10.0. The first kappa shape index (κ1) is 14.9. The lowest BCUT2D eigenvalue weighted by Gasteiger charge is -2.16. The van der Waals surface area contributed by atoms with Gasteiger partial charge in [0.1, 0.15) is 0 Å². The van der Waals surface area contributed by atoms with Crippen LogP contribution in [0.1, 0.15) is 36.2 Å². The van der Waals surface area contributed by atoms with Crippen LogP contribution in [0.3, 0.4) is 0 Å². The highest BCUT2D eigenvalue weighted by Gasteiger charge is 2.24. The van der Waals surface area contributed by atoms with Crippen molar-refractivity contribution in [3.63, 3.8) is 0 Å². The first-order valence-corrected chi connectivity index (χ1v) is 7.36. The lowest BCUT2D eigenvalue weighted by Crippen LogP contribution is -2.32. The van der Waals surface area contributed by atoms with Gasteiger partial charge in [0, 0.05) is 31.3 Å². The molecule has 1 amide bonds. The van der Waals surface area contributed by atoms with Crippen LogP contribution in [-0.2, 0) is 4.74 Å². The van der Waals surface area contributed by atoms with Crippen LogP contribution >= 0.6 is 0 Å². The molecule has 0 radical (unpaired) electrons. The molecule has 110 valence electrons. The molecular weight excluding hydrogens is 252 g/mol. The van der Waals surface area contributed by atoms with Gasteiger partial charge in [0.05, 0.1) is 11.7 Å². The molecule has 2 N–H and O–H groups in total. The Kier molecular flexibility index (Phi) is 5.01. The molecule has 1 fully saturated rings. The van der Waals surface area contributed by atoms with E-state index in [0.29, 0.717) is 18.0 Å². The van der Waals surface area contributed by atoms with E-state index in [1.807, 2.05) is 32.0 Å². The van der Waals surface area contributed by atoms with Crippen molar-refractivity contribution in [2.45, 2.75) is 33.3 Å². The van der Waals surface area contributed by atoms with Crippen LogP contribution in [-0.4, -0.2) is 31.7 Å². The zero-order valence-corrected chi connectivity index (χ0v) is 12.5. The zero-order chi connectivity index (χ0) is 14.5. The highest BCUT2D eigenvalue weighted by molar-refractivity contribution is 5.99. The molecule has 1 aromatic rings. The number of ether oxygens (including phenoxy) is 1. The second-order valence-corrected chi connectivity index (χ2v) is 5.41. The Morgan fingerprint density at radius 2 is 2.25 bits per heavy atom. The molecule has 2 unspecified atom stereocenters. The van der Waals surface area contributed by atoms with Gasteiger partial charge in [0.2, 0.25) is 0 Å². The fourth-order valence-corrected chi connectivity index (χ4v) is 2.56. The van der Waals surface area contributed by atoms with Crippen LogP contribution in [0.15, 0.2) is 18.2 Å². The number of benzene rings is 1. The summed E-state index contributed by atoms with van der Waals surface area (Å²) >= 11 is 0. The number of amides is 1. The van der Waals surface area contributed by atoms with Crippen molar-refractivity contribution in [2.24, 2.45) is 5.92 Å². The van der Waals surface area contributed by atoms with Crippen molar-refractivity contribution < 1.29 is 9.53 Å². The predicted molar refractivity (Wildman–Crippen MR) is 81.2 cm³/mol. The number of aryl methyl sites for hydroxylation is 1. The number of anilines is 1. The normalized spacial score (nSPS) is 21.8. The maximum Gasteiger partial charge on any atom is 0.253 e. The van der Waals surface area contributed by atoms with Crippen LogP contribution in [0.4, 0.5) is 5.69 Å². The molecule has 0 bridgehead atoms. The van der Waals surface area contributed by atoms with Gasteiger partial charge in [-0.05, 0) is 44.9 Å². The van der Waals surface area contributed by atoms with E-state index in [4.69, 9.17) is 4.74 Å². The summed E-state index contributed by atoms with van der Waals surface area (Å²) in [4.78, 5) is 12.3. The SMILES string of the molecule is CCNc1cc(C)ccc1C(=O)NCC1CCOC1C. The number of rotatable bonds is 5. The predicted octanol–water partition coefficient (Wildman–Crippen LogP) is 2.58. The van der Waals surface area contributed by atoms with Gasteiger partial charge in [0.15, 0.2) is 0 Å². The number of carbonyl (C=O) groups excluding carboxylic acids is 1. The van der Waals surface area contributed by atoms with Gasteiger partial charge in [-0.25, -0.2) is 0 Å². The molecule has 1 aliphatic rings. The fourth-order valence-electron chi connectivity index (χ4n) is 2.56. The van der Waals surface area contributed by atoms with E-state index in [2.05, 4.69) is 17.6 Å². The molecule has 4 heteroatoms. The van der Waals surface area contributed by atoms with Crippen LogP contribution < -0.4 is 10.6 Å². The highest BCUT2D eigenvalue weighted by Crippen LogP contribution is 2.21. The van der Waals surface area contributed by atoms with Crippen LogP contribution in [0, 0.1) is 12.8 Å². The Morgan fingerprint density at radius 1 is 1.45 bits per heavy atom. The minimum atomic E-state index is -0.0138. The Morgan fingerprint density at radius 3 is 2.90 bits per heavy atom. The summed E-state index contributed by atoms with van der Waals surface area (Å²) in [5.41, 5.74) is 2.76. The summed E-state index contributed by atoms with van der Waals surface area (Å²) in [7, 11) is 0. The molecule has 0 aliphatic carbocycles. The van der Waals surface area contributed by atoms with Crippen molar-refractivity contribution in [1.82, 2.24) is 5.32 Å². The summed E-state index contributed by atoms with van der Waals surface area (Å²) in [5.74, 6) is 0.409. The molecule has 4 nitrogen and oxygen atoms in total. The van der Waals surface area contributed by atoms with E-state index < -0.39 is 0 Å². The van der Waals surface area contributed by atoms with Gasteiger partial charge >= 0.3 is 0 Å². The number of carbonyl (C=O) groups is 1. The van der Waals surface area contributed by atoms with Crippen LogP contribution in [0.25, 0.3) is 0 Å². The largest absolute Gasteiger partial charge is 0.385 e. The maximum atomic E-state index is 12.3. The van der Waals surface area contributed by atoms with E-state index in [1.54, 1.807) is 0 Å². The quantitative estimate of drug-likeness (QED) is 0.869. The monoisotopic (exact) mass is 276 g/mol. The van der Waals surface area contributed by atoms with E-state index in [-0.39, 0.29) is 12.0 Å². The first-order valence-electron chi connectivity index (χ1n) is 7.36. The summed E-state index contributed by atoms with van der Waals surface area (Å²) < 4.78 is 5.52. The molecule has 2 atom stereocenters. The maximum absolute atomic E-state index is 12.3. The van der Waals surface area contributed by atoms with Crippen LogP contribution in [0.2, 0.25) is 0 Å². The number of hydrogen-bond acceptors (Lipinski definition) is 3. The molecule has 0 saturated carbocycles.